The van der Waals surface area contributed by atoms with Crippen molar-refractivity contribution in [2.75, 3.05) is 20.2 Å². The molecule has 1 aromatic heterocycles. The van der Waals surface area contributed by atoms with Crippen LogP contribution >= 0.6 is 0 Å². The number of hydrogen-bond donors (Lipinski definition) is 1. The number of likely N-dealkylation sites (tertiary alicyclic amines) is 1. The standard InChI is InChI=1S/C18H24FN3O3/c1-12-8-14(21(2)20-12)10-22-7-6-16(15(23)11-22)25-17-5-4-13(19)9-18(17)24-3/h4-5,8-9,15-16,23H,6-7,10-11H2,1-3H3/t15-,16-/m1/s1. The van der Waals surface area contributed by atoms with Crippen LogP contribution in [0.4, 0.5) is 4.39 Å². The van der Waals surface area contributed by atoms with Crippen molar-refractivity contribution in [3.63, 3.8) is 0 Å². The molecule has 0 amide bonds. The Balaban J connectivity index is 1.61. The summed E-state index contributed by atoms with van der Waals surface area (Å²) >= 11 is 0. The van der Waals surface area contributed by atoms with E-state index in [-0.39, 0.29) is 11.9 Å². The molecule has 6 nitrogen and oxygen atoms in total. The van der Waals surface area contributed by atoms with Crippen molar-refractivity contribution in [3.05, 3.63) is 41.5 Å². The number of ether oxygens (including phenoxy) is 2. The van der Waals surface area contributed by atoms with E-state index in [0.29, 0.717) is 24.5 Å². The number of rotatable bonds is 5. The number of aliphatic hydroxyl groups is 1. The summed E-state index contributed by atoms with van der Waals surface area (Å²) in [7, 11) is 3.39. The first-order chi connectivity index (χ1) is 12.0. The summed E-state index contributed by atoms with van der Waals surface area (Å²) in [6.07, 6.45) is -0.292. The van der Waals surface area contributed by atoms with E-state index in [1.54, 1.807) is 0 Å². The number of β-amino-alcohol motifs (C(OH)–C–C–N with tert-alkyl or cyclic N) is 1. The van der Waals surface area contributed by atoms with E-state index >= 15 is 0 Å². The molecule has 1 aliphatic rings. The van der Waals surface area contributed by atoms with Crippen molar-refractivity contribution in [3.8, 4) is 11.5 Å². The normalized spacial score (nSPS) is 21.3. The predicted molar refractivity (Wildman–Crippen MR) is 91.2 cm³/mol. The molecule has 0 aliphatic carbocycles. The van der Waals surface area contributed by atoms with Gasteiger partial charge < -0.3 is 14.6 Å². The molecule has 0 radical (unpaired) electrons. The number of aryl methyl sites for hydroxylation is 2. The highest BCUT2D eigenvalue weighted by atomic mass is 19.1. The molecular weight excluding hydrogens is 325 g/mol. The Labute approximate surface area is 146 Å². The van der Waals surface area contributed by atoms with Crippen LogP contribution in [-0.4, -0.2) is 52.2 Å². The van der Waals surface area contributed by atoms with Crippen LogP contribution in [0.3, 0.4) is 0 Å². The van der Waals surface area contributed by atoms with Gasteiger partial charge in [-0.2, -0.15) is 5.10 Å². The van der Waals surface area contributed by atoms with Crippen LogP contribution in [0.15, 0.2) is 24.3 Å². The first-order valence-electron chi connectivity index (χ1n) is 8.36. The lowest BCUT2D eigenvalue weighted by Gasteiger charge is -2.36. The highest BCUT2D eigenvalue weighted by Crippen LogP contribution is 2.30. The van der Waals surface area contributed by atoms with Gasteiger partial charge in [0.25, 0.3) is 0 Å². The molecule has 136 valence electrons. The maximum absolute atomic E-state index is 13.3. The van der Waals surface area contributed by atoms with Gasteiger partial charge in [-0.05, 0) is 31.5 Å². The minimum absolute atomic E-state index is 0.333. The molecule has 1 aliphatic heterocycles. The number of aliphatic hydroxyl groups excluding tert-OH is 1. The van der Waals surface area contributed by atoms with Gasteiger partial charge in [0, 0.05) is 32.7 Å². The lowest BCUT2D eigenvalue weighted by molar-refractivity contribution is -0.0288. The fourth-order valence-electron chi connectivity index (χ4n) is 3.20. The topological polar surface area (TPSA) is 59.8 Å². The average Bonchev–Trinajstić information content (AvgIpc) is 2.88. The molecule has 0 spiro atoms. The lowest BCUT2D eigenvalue weighted by atomic mass is 10.0. The van der Waals surface area contributed by atoms with Crippen LogP contribution in [0.5, 0.6) is 11.5 Å². The van der Waals surface area contributed by atoms with Crippen molar-refractivity contribution in [1.82, 2.24) is 14.7 Å². The van der Waals surface area contributed by atoms with E-state index in [1.807, 2.05) is 18.7 Å². The molecule has 1 saturated heterocycles. The first kappa shape index (κ1) is 17.7. The van der Waals surface area contributed by atoms with Crippen LogP contribution in [0.1, 0.15) is 17.8 Å². The third-order valence-electron chi connectivity index (χ3n) is 4.49. The Hall–Kier alpha value is -2.12. The van der Waals surface area contributed by atoms with Gasteiger partial charge in [-0.3, -0.25) is 9.58 Å². The smallest absolute Gasteiger partial charge is 0.163 e. The van der Waals surface area contributed by atoms with Gasteiger partial charge in [0.05, 0.1) is 18.5 Å². The number of halogens is 1. The molecule has 25 heavy (non-hydrogen) atoms. The molecule has 3 rings (SSSR count). The number of nitrogens with zero attached hydrogens (tertiary/aromatic N) is 3. The highest BCUT2D eigenvalue weighted by molar-refractivity contribution is 5.40. The fraction of sp³-hybridized carbons (Fsp3) is 0.500. The monoisotopic (exact) mass is 349 g/mol. The van der Waals surface area contributed by atoms with Gasteiger partial charge in [-0.1, -0.05) is 0 Å². The van der Waals surface area contributed by atoms with Gasteiger partial charge >= 0.3 is 0 Å². The van der Waals surface area contributed by atoms with E-state index in [9.17, 15) is 9.50 Å². The van der Waals surface area contributed by atoms with Gasteiger partial charge in [0.1, 0.15) is 18.0 Å². The molecule has 7 heteroatoms. The molecule has 1 N–H and O–H groups in total. The van der Waals surface area contributed by atoms with E-state index < -0.39 is 6.10 Å². The second-order valence-corrected chi connectivity index (χ2v) is 6.44. The first-order valence-corrected chi connectivity index (χ1v) is 8.36. The Morgan fingerprint density at radius 3 is 2.76 bits per heavy atom. The van der Waals surface area contributed by atoms with Crippen molar-refractivity contribution in [2.45, 2.75) is 32.1 Å². The van der Waals surface area contributed by atoms with Crippen molar-refractivity contribution in [2.24, 2.45) is 7.05 Å². The summed E-state index contributed by atoms with van der Waals surface area (Å²) in [6.45, 7) is 4.02. The molecule has 2 heterocycles. The number of hydrogen-bond acceptors (Lipinski definition) is 5. The third-order valence-corrected chi connectivity index (χ3v) is 4.49. The molecule has 1 fully saturated rings. The number of aromatic nitrogens is 2. The minimum atomic E-state index is -0.627. The van der Waals surface area contributed by atoms with Crippen molar-refractivity contribution >= 4 is 0 Å². The van der Waals surface area contributed by atoms with Gasteiger partial charge in [-0.15, -0.1) is 0 Å². The van der Waals surface area contributed by atoms with E-state index in [4.69, 9.17) is 9.47 Å². The zero-order valence-electron chi connectivity index (χ0n) is 14.8. The molecule has 1 aromatic carbocycles. The van der Waals surface area contributed by atoms with Crippen molar-refractivity contribution in [1.29, 1.82) is 0 Å². The molecule has 0 saturated carbocycles. The largest absolute Gasteiger partial charge is 0.493 e. The van der Waals surface area contributed by atoms with Gasteiger partial charge in [-0.25, -0.2) is 4.39 Å². The zero-order valence-corrected chi connectivity index (χ0v) is 14.8. The predicted octanol–water partition coefficient (Wildman–Crippen LogP) is 1.89. The van der Waals surface area contributed by atoms with Crippen LogP contribution in [0.25, 0.3) is 0 Å². The van der Waals surface area contributed by atoms with Crippen LogP contribution in [0.2, 0.25) is 0 Å². The second-order valence-electron chi connectivity index (χ2n) is 6.44. The SMILES string of the molecule is COc1cc(F)ccc1O[C@@H]1CCN(Cc2cc(C)nn2C)C[C@H]1O. The van der Waals surface area contributed by atoms with E-state index in [1.165, 1.54) is 25.3 Å². The number of piperidine rings is 1. The van der Waals surface area contributed by atoms with E-state index in [2.05, 4.69) is 16.1 Å². The molecule has 0 unspecified atom stereocenters. The third kappa shape index (κ3) is 4.11. The minimum Gasteiger partial charge on any atom is -0.493 e. The number of benzene rings is 1. The second kappa shape index (κ2) is 7.41. The Morgan fingerprint density at radius 2 is 2.12 bits per heavy atom. The van der Waals surface area contributed by atoms with Gasteiger partial charge in [0.15, 0.2) is 11.5 Å². The van der Waals surface area contributed by atoms with Crippen LogP contribution < -0.4 is 9.47 Å². The summed E-state index contributed by atoms with van der Waals surface area (Å²) in [5.74, 6) is 0.398. The Bertz CT molecular complexity index is 734. The van der Waals surface area contributed by atoms with Crippen LogP contribution in [0, 0.1) is 12.7 Å². The number of methoxy groups -OCH3 is 1. The maximum Gasteiger partial charge on any atom is 0.163 e. The maximum atomic E-state index is 13.3. The van der Waals surface area contributed by atoms with Crippen molar-refractivity contribution < 1.29 is 19.0 Å². The van der Waals surface area contributed by atoms with Crippen LogP contribution in [-0.2, 0) is 13.6 Å². The van der Waals surface area contributed by atoms with Gasteiger partial charge in [0.2, 0.25) is 0 Å². The summed E-state index contributed by atoms with van der Waals surface area (Å²) in [5.41, 5.74) is 2.10. The summed E-state index contributed by atoms with van der Waals surface area (Å²) < 4.78 is 26.2. The Morgan fingerprint density at radius 1 is 1.32 bits per heavy atom. The Kier molecular flexibility index (Phi) is 5.24. The highest BCUT2D eigenvalue weighted by Gasteiger charge is 2.30. The zero-order chi connectivity index (χ0) is 18.0. The summed E-state index contributed by atoms with van der Waals surface area (Å²) in [6, 6.07) is 6.19. The molecular formula is C18H24FN3O3. The fourth-order valence-corrected chi connectivity index (χ4v) is 3.20. The summed E-state index contributed by atoms with van der Waals surface area (Å²) in [5, 5.41) is 14.8. The lowest BCUT2D eigenvalue weighted by Crippen LogP contribution is -2.48. The molecule has 0 bridgehead atoms. The summed E-state index contributed by atoms with van der Waals surface area (Å²) in [4.78, 5) is 2.18. The molecule has 2 atom stereocenters. The average molecular weight is 349 g/mol. The molecule has 2 aromatic rings. The van der Waals surface area contributed by atoms with E-state index in [0.717, 1.165) is 24.5 Å². The quantitative estimate of drug-likeness (QED) is 0.893.